The second kappa shape index (κ2) is 5.61. The van der Waals surface area contributed by atoms with Crippen LogP contribution < -0.4 is 4.90 Å². The fourth-order valence-corrected chi connectivity index (χ4v) is 3.60. The lowest BCUT2D eigenvalue weighted by Gasteiger charge is -2.25. The van der Waals surface area contributed by atoms with Crippen molar-refractivity contribution in [3.8, 4) is 0 Å². The summed E-state index contributed by atoms with van der Waals surface area (Å²) in [5.41, 5.74) is 2.12. The van der Waals surface area contributed by atoms with E-state index in [-0.39, 0.29) is 18.0 Å². The molecule has 1 amide bonds. The van der Waals surface area contributed by atoms with Gasteiger partial charge >= 0.3 is 0 Å². The average Bonchev–Trinajstić information content (AvgIpc) is 3.10. The lowest BCUT2D eigenvalue weighted by Crippen LogP contribution is -2.37. The van der Waals surface area contributed by atoms with Crippen molar-refractivity contribution in [1.29, 1.82) is 0 Å². The second-order valence-electron chi connectivity index (χ2n) is 6.26. The quantitative estimate of drug-likeness (QED) is 0.861. The molecule has 2 aromatic heterocycles. The third kappa shape index (κ3) is 2.54. The number of carbonyl (C=O) groups is 1. The first-order valence-corrected chi connectivity index (χ1v) is 7.96. The Kier molecular flexibility index (Phi) is 3.44. The summed E-state index contributed by atoms with van der Waals surface area (Å²) in [5, 5.41) is 0. The summed E-state index contributed by atoms with van der Waals surface area (Å²) in [4.78, 5) is 29.6. The van der Waals surface area contributed by atoms with E-state index < -0.39 is 0 Å². The first-order valence-electron chi connectivity index (χ1n) is 7.96. The molecule has 6 nitrogen and oxygen atoms in total. The van der Waals surface area contributed by atoms with Gasteiger partial charge in [0.2, 0.25) is 11.9 Å². The van der Waals surface area contributed by atoms with Gasteiger partial charge in [-0.15, -0.1) is 0 Å². The third-order valence-electron chi connectivity index (χ3n) is 4.71. The Bertz CT molecular complexity index is 703. The molecule has 0 bridgehead atoms. The molecule has 2 fully saturated rings. The van der Waals surface area contributed by atoms with Crippen molar-refractivity contribution in [2.24, 2.45) is 0 Å². The summed E-state index contributed by atoms with van der Waals surface area (Å²) in [5.74, 6) is 0.944. The molecule has 6 heteroatoms. The highest BCUT2D eigenvalue weighted by atomic mass is 16.2. The molecule has 0 spiro atoms. The topological polar surface area (TPSA) is 62.2 Å². The van der Waals surface area contributed by atoms with E-state index in [0.29, 0.717) is 13.0 Å². The fourth-order valence-electron chi connectivity index (χ4n) is 3.60. The van der Waals surface area contributed by atoms with Gasteiger partial charge in [-0.25, -0.2) is 9.97 Å². The number of aromatic nitrogens is 3. The number of fused-ring (bicyclic) bond motifs is 1. The Hall–Kier alpha value is -2.50. The summed E-state index contributed by atoms with van der Waals surface area (Å²) in [6.45, 7) is 3.51. The van der Waals surface area contributed by atoms with Gasteiger partial charge in [0.25, 0.3) is 0 Å². The van der Waals surface area contributed by atoms with Crippen LogP contribution in [0.25, 0.3) is 0 Å². The Morgan fingerprint density at radius 2 is 2.04 bits per heavy atom. The molecule has 0 N–H and O–H groups in total. The van der Waals surface area contributed by atoms with Crippen LogP contribution in [-0.2, 0) is 11.3 Å². The molecular weight excluding hydrogens is 290 g/mol. The van der Waals surface area contributed by atoms with Crippen molar-refractivity contribution >= 4 is 11.9 Å². The van der Waals surface area contributed by atoms with Crippen LogP contribution in [-0.4, -0.2) is 44.4 Å². The fraction of sp³-hybridized carbons (Fsp3) is 0.412. The van der Waals surface area contributed by atoms with Gasteiger partial charge in [-0.1, -0.05) is 6.07 Å². The molecule has 4 heterocycles. The summed E-state index contributed by atoms with van der Waals surface area (Å²) in [6.07, 6.45) is 8.76. The number of carbonyl (C=O) groups excluding carboxylic acids is 1. The van der Waals surface area contributed by atoms with E-state index >= 15 is 0 Å². The molecule has 2 saturated heterocycles. The Balaban J connectivity index is 1.54. The highest BCUT2D eigenvalue weighted by Gasteiger charge is 2.47. The number of amides is 1. The molecule has 2 aliphatic heterocycles. The van der Waals surface area contributed by atoms with Crippen molar-refractivity contribution in [2.75, 3.05) is 11.4 Å². The van der Waals surface area contributed by atoms with Crippen molar-refractivity contribution in [1.82, 2.24) is 19.9 Å². The zero-order chi connectivity index (χ0) is 15.8. The maximum atomic E-state index is 12.5. The molecule has 0 saturated carbocycles. The molecule has 23 heavy (non-hydrogen) atoms. The number of likely N-dealkylation sites (tertiary alicyclic amines) is 1. The van der Waals surface area contributed by atoms with E-state index in [1.54, 1.807) is 6.20 Å². The van der Waals surface area contributed by atoms with E-state index in [4.69, 9.17) is 0 Å². The number of rotatable bonds is 3. The highest BCUT2D eigenvalue weighted by molar-refractivity contribution is 5.81. The predicted molar refractivity (Wildman–Crippen MR) is 85.7 cm³/mol. The van der Waals surface area contributed by atoms with E-state index in [0.717, 1.165) is 30.0 Å². The molecule has 4 rings (SSSR count). The van der Waals surface area contributed by atoms with E-state index in [1.807, 2.05) is 42.5 Å². The summed E-state index contributed by atoms with van der Waals surface area (Å²) >= 11 is 0. The molecule has 0 radical (unpaired) electrons. The van der Waals surface area contributed by atoms with Gasteiger partial charge in [0, 0.05) is 44.3 Å². The minimum Gasteiger partial charge on any atom is -0.335 e. The lowest BCUT2D eigenvalue weighted by molar-refractivity contribution is -0.129. The zero-order valence-corrected chi connectivity index (χ0v) is 13.1. The minimum atomic E-state index is 0.182. The SMILES string of the molecule is Cc1cnc(N2CCC3C2CC(=O)N3Cc2cccnc2)nc1. The Labute approximate surface area is 135 Å². The van der Waals surface area contributed by atoms with Crippen LogP contribution in [0.2, 0.25) is 0 Å². The summed E-state index contributed by atoms with van der Waals surface area (Å²) in [6, 6.07) is 4.35. The van der Waals surface area contributed by atoms with E-state index in [9.17, 15) is 4.79 Å². The van der Waals surface area contributed by atoms with Gasteiger partial charge < -0.3 is 9.80 Å². The van der Waals surface area contributed by atoms with Crippen LogP contribution >= 0.6 is 0 Å². The zero-order valence-electron chi connectivity index (χ0n) is 13.1. The van der Waals surface area contributed by atoms with Gasteiger partial charge in [0.15, 0.2) is 0 Å². The van der Waals surface area contributed by atoms with Crippen LogP contribution in [0.4, 0.5) is 5.95 Å². The number of nitrogens with zero attached hydrogens (tertiary/aromatic N) is 5. The molecule has 0 aromatic carbocycles. The van der Waals surface area contributed by atoms with Crippen molar-refractivity contribution in [3.05, 3.63) is 48.0 Å². The van der Waals surface area contributed by atoms with Gasteiger partial charge in [0.05, 0.1) is 12.1 Å². The Morgan fingerprint density at radius 1 is 1.22 bits per heavy atom. The van der Waals surface area contributed by atoms with E-state index in [1.165, 1.54) is 0 Å². The number of hydrogen-bond donors (Lipinski definition) is 0. The Morgan fingerprint density at radius 3 is 2.78 bits per heavy atom. The standard InChI is InChI=1S/C17H19N5O/c1-12-8-19-17(20-9-12)21-6-4-14-15(21)7-16(23)22(14)11-13-3-2-5-18-10-13/h2-3,5,8-10,14-15H,4,6-7,11H2,1H3. The highest BCUT2D eigenvalue weighted by Crippen LogP contribution is 2.35. The second-order valence-corrected chi connectivity index (χ2v) is 6.26. The van der Waals surface area contributed by atoms with Crippen molar-refractivity contribution in [2.45, 2.75) is 38.4 Å². The van der Waals surface area contributed by atoms with Gasteiger partial charge in [-0.2, -0.15) is 0 Å². The van der Waals surface area contributed by atoms with Crippen molar-refractivity contribution in [3.63, 3.8) is 0 Å². The lowest BCUT2D eigenvalue weighted by atomic mass is 10.1. The maximum absolute atomic E-state index is 12.5. The van der Waals surface area contributed by atoms with Crippen LogP contribution in [0.15, 0.2) is 36.9 Å². The molecule has 0 aliphatic carbocycles. The van der Waals surface area contributed by atoms with Gasteiger partial charge in [-0.3, -0.25) is 9.78 Å². The van der Waals surface area contributed by atoms with Gasteiger partial charge in [-0.05, 0) is 30.5 Å². The largest absolute Gasteiger partial charge is 0.335 e. The molecule has 2 atom stereocenters. The third-order valence-corrected chi connectivity index (χ3v) is 4.71. The first kappa shape index (κ1) is 14.1. The van der Waals surface area contributed by atoms with Crippen LogP contribution in [0.5, 0.6) is 0 Å². The molecule has 118 valence electrons. The van der Waals surface area contributed by atoms with E-state index in [2.05, 4.69) is 19.9 Å². The number of anilines is 1. The minimum absolute atomic E-state index is 0.182. The number of aryl methyl sites for hydroxylation is 1. The van der Waals surface area contributed by atoms with Crippen LogP contribution in [0, 0.1) is 6.92 Å². The first-order chi connectivity index (χ1) is 11.2. The molecular formula is C17H19N5O. The average molecular weight is 309 g/mol. The maximum Gasteiger partial charge on any atom is 0.225 e. The monoisotopic (exact) mass is 309 g/mol. The van der Waals surface area contributed by atoms with Crippen LogP contribution in [0.1, 0.15) is 24.0 Å². The number of hydrogen-bond acceptors (Lipinski definition) is 5. The van der Waals surface area contributed by atoms with Gasteiger partial charge in [0.1, 0.15) is 0 Å². The summed E-state index contributed by atoms with van der Waals surface area (Å²) < 4.78 is 0. The van der Waals surface area contributed by atoms with Crippen LogP contribution in [0.3, 0.4) is 0 Å². The number of pyridine rings is 1. The molecule has 2 unspecified atom stereocenters. The predicted octanol–water partition coefficient (Wildman–Crippen LogP) is 1.56. The van der Waals surface area contributed by atoms with Crippen molar-refractivity contribution < 1.29 is 4.79 Å². The summed E-state index contributed by atoms with van der Waals surface area (Å²) in [7, 11) is 0. The molecule has 2 aromatic rings. The smallest absolute Gasteiger partial charge is 0.225 e. The normalized spacial score (nSPS) is 23.4. The molecule has 2 aliphatic rings.